The Labute approximate surface area is 190 Å². The first kappa shape index (κ1) is 28.9. The van der Waals surface area contributed by atoms with E-state index >= 15 is 0 Å². The predicted molar refractivity (Wildman–Crippen MR) is 58.8 cm³/mol. The van der Waals surface area contributed by atoms with Crippen LogP contribution in [0.1, 0.15) is 45.4 Å². The molecule has 0 atom stereocenters. The van der Waals surface area contributed by atoms with E-state index in [0.717, 1.165) is 0 Å². The molecule has 0 heterocycles. The topological polar surface area (TPSA) is 68.3 Å². The van der Waals surface area contributed by atoms with Crippen LogP contribution in [0.25, 0.3) is 0 Å². The molecule has 0 unspecified atom stereocenters. The Kier molecular flexibility index (Phi) is 27.3. The van der Waals surface area contributed by atoms with Crippen molar-refractivity contribution in [1.82, 2.24) is 0 Å². The molecule has 0 rings (SSSR count). The average Bonchev–Trinajstić information content (AvgIpc) is 2.10. The van der Waals surface area contributed by atoms with Gasteiger partial charge in [0, 0.05) is 123 Å². The summed E-state index contributed by atoms with van der Waals surface area (Å²) in [6, 6.07) is 0. The maximum Gasteiger partial charge on any atom is 0.140 e. The largest absolute Gasteiger partial charge is 0.339 e. The van der Waals surface area contributed by atoms with Crippen molar-refractivity contribution >= 4 is 23.1 Å². The number of rotatable bonds is 9. The third kappa shape index (κ3) is 22.3. The van der Waals surface area contributed by atoms with Gasteiger partial charge in [0.05, 0.1) is 6.42 Å². The van der Waals surface area contributed by atoms with Crippen LogP contribution < -0.4 is 0 Å². The van der Waals surface area contributed by atoms with Crippen molar-refractivity contribution in [3.05, 3.63) is 6.92 Å². The molecule has 7 heteroatoms. The fourth-order valence-corrected chi connectivity index (χ4v) is 1.32. The summed E-state index contributed by atoms with van der Waals surface area (Å²) in [4.78, 5) is 43.3. The molecular formula is C12H17O4Y3-. The minimum atomic E-state index is -0.377. The van der Waals surface area contributed by atoms with E-state index in [4.69, 9.17) is 0 Å². The molecule has 0 aliphatic carbocycles. The van der Waals surface area contributed by atoms with Gasteiger partial charge in [-0.15, -0.1) is 0 Å². The number of hydrogen-bond acceptors (Lipinski definition) is 4. The predicted octanol–water partition coefficient (Wildman–Crippen LogP) is 1.45. The van der Waals surface area contributed by atoms with Gasteiger partial charge in [0.1, 0.15) is 17.3 Å². The zero-order chi connectivity index (χ0) is 12.6. The Morgan fingerprint density at radius 2 is 1.16 bits per heavy atom. The normalized spacial score (nSPS) is 8.26. The van der Waals surface area contributed by atoms with Crippen LogP contribution >= 0.6 is 0 Å². The van der Waals surface area contributed by atoms with E-state index in [0.29, 0.717) is 25.7 Å². The molecule has 0 bridgehead atoms. The quantitative estimate of drug-likeness (QED) is 0.278. The molecule has 4 nitrogen and oxygen atoms in total. The van der Waals surface area contributed by atoms with E-state index < -0.39 is 0 Å². The van der Waals surface area contributed by atoms with Gasteiger partial charge < -0.3 is 11.7 Å². The molecule has 0 N–H and O–H groups in total. The fraction of sp³-hybridized carbons (Fsp3) is 0.583. The summed E-state index contributed by atoms with van der Waals surface area (Å²) >= 11 is 0. The molecule has 3 radical (unpaired) electrons. The van der Waals surface area contributed by atoms with E-state index in [1.54, 1.807) is 0 Å². The number of ketones is 4. The van der Waals surface area contributed by atoms with E-state index in [1.165, 1.54) is 6.92 Å². The molecule has 0 aromatic carbocycles. The SMILES string of the molecule is [CH2-]C(=O)CC(=O)CCCCC(=O)CC(C)=O.[Y].[Y].[Y]. The van der Waals surface area contributed by atoms with E-state index in [9.17, 15) is 19.2 Å². The van der Waals surface area contributed by atoms with Gasteiger partial charge in [-0.2, -0.15) is 0 Å². The minimum absolute atomic E-state index is 0. The van der Waals surface area contributed by atoms with Gasteiger partial charge in [0.2, 0.25) is 0 Å². The van der Waals surface area contributed by atoms with Crippen molar-refractivity contribution in [3.63, 3.8) is 0 Å². The van der Waals surface area contributed by atoms with Crippen molar-refractivity contribution in [1.29, 1.82) is 0 Å². The smallest absolute Gasteiger partial charge is 0.140 e. The maximum atomic E-state index is 11.1. The molecule has 0 aromatic rings. The molecular weight excluding hydrogens is 475 g/mol. The van der Waals surface area contributed by atoms with Gasteiger partial charge in [-0.3, -0.25) is 14.4 Å². The Hall–Kier alpha value is 1.86. The number of carbonyl (C=O) groups excluding carboxylic acids is 4. The molecule has 0 saturated heterocycles. The first-order valence-corrected chi connectivity index (χ1v) is 5.29. The first-order chi connectivity index (χ1) is 7.41. The Morgan fingerprint density at radius 1 is 0.789 bits per heavy atom. The monoisotopic (exact) mass is 492 g/mol. The van der Waals surface area contributed by atoms with Crippen LogP contribution in [0.15, 0.2) is 0 Å². The van der Waals surface area contributed by atoms with Gasteiger partial charge in [-0.05, 0) is 19.8 Å². The van der Waals surface area contributed by atoms with E-state index in [1.807, 2.05) is 0 Å². The summed E-state index contributed by atoms with van der Waals surface area (Å²) in [5, 5.41) is 0. The van der Waals surface area contributed by atoms with Gasteiger partial charge in [-0.25, -0.2) is 0 Å². The molecule has 0 aromatic heterocycles. The summed E-state index contributed by atoms with van der Waals surface area (Å²) < 4.78 is 0. The van der Waals surface area contributed by atoms with Crippen LogP contribution in [0.5, 0.6) is 0 Å². The second-order valence-corrected chi connectivity index (χ2v) is 3.88. The Bertz CT molecular complexity index is 273. The Morgan fingerprint density at radius 3 is 1.47 bits per heavy atom. The molecule has 0 aliphatic heterocycles. The van der Waals surface area contributed by atoms with Gasteiger partial charge in [0.15, 0.2) is 0 Å². The molecule has 0 amide bonds. The standard InChI is InChI=1S/C12H17O4.3Y/c1-9(13)7-11(15)5-3-4-6-12(16)8-10(2)14;;;/h1,3-8H2,2H3;;;/q-1;;;. The van der Waals surface area contributed by atoms with E-state index in [2.05, 4.69) is 6.92 Å². The fourth-order valence-electron chi connectivity index (χ4n) is 1.32. The van der Waals surface area contributed by atoms with E-state index in [-0.39, 0.29) is 134 Å². The van der Waals surface area contributed by atoms with Crippen LogP contribution in [0.4, 0.5) is 0 Å². The second-order valence-electron chi connectivity index (χ2n) is 3.88. The van der Waals surface area contributed by atoms with Crippen LogP contribution in [0.3, 0.4) is 0 Å². The van der Waals surface area contributed by atoms with Crippen molar-refractivity contribution < 1.29 is 117 Å². The molecule has 0 spiro atoms. The van der Waals surface area contributed by atoms with Crippen LogP contribution in [-0.2, 0) is 117 Å². The number of hydrogen-bond donors (Lipinski definition) is 0. The summed E-state index contributed by atoms with van der Waals surface area (Å²) in [6.07, 6.45) is 1.64. The van der Waals surface area contributed by atoms with Crippen molar-refractivity contribution in [2.75, 3.05) is 0 Å². The molecule has 99 valence electrons. The van der Waals surface area contributed by atoms with Crippen molar-refractivity contribution in [2.24, 2.45) is 0 Å². The molecule has 0 saturated carbocycles. The molecule has 19 heavy (non-hydrogen) atoms. The van der Waals surface area contributed by atoms with Gasteiger partial charge in [-0.1, -0.05) is 0 Å². The summed E-state index contributed by atoms with van der Waals surface area (Å²) in [5.74, 6) is -0.742. The second kappa shape index (κ2) is 17.9. The third-order valence-electron chi connectivity index (χ3n) is 2.00. The average molecular weight is 492 g/mol. The third-order valence-corrected chi connectivity index (χ3v) is 2.00. The molecule has 0 aliphatic rings. The maximum absolute atomic E-state index is 11.1. The van der Waals surface area contributed by atoms with Crippen LogP contribution in [0.2, 0.25) is 0 Å². The van der Waals surface area contributed by atoms with Crippen LogP contribution in [-0.4, -0.2) is 23.1 Å². The zero-order valence-corrected chi connectivity index (χ0v) is 19.8. The number of carbonyl (C=O) groups is 4. The molecule has 0 fully saturated rings. The number of Topliss-reactive ketones (excluding diaryl/α,β-unsaturated/α-hetero) is 4. The zero-order valence-electron chi connectivity index (χ0n) is 11.3. The minimum Gasteiger partial charge on any atom is -0.339 e. The summed E-state index contributed by atoms with van der Waals surface area (Å²) in [7, 11) is 0. The van der Waals surface area contributed by atoms with Crippen molar-refractivity contribution in [2.45, 2.75) is 45.4 Å². The Balaban J connectivity index is -0.000000375. The summed E-state index contributed by atoms with van der Waals surface area (Å²) in [6.45, 7) is 4.49. The van der Waals surface area contributed by atoms with Gasteiger partial charge >= 0.3 is 0 Å². The first-order valence-electron chi connectivity index (χ1n) is 5.29. The van der Waals surface area contributed by atoms with Crippen molar-refractivity contribution in [3.8, 4) is 0 Å². The summed E-state index contributed by atoms with van der Waals surface area (Å²) in [5.41, 5.74) is 0. The van der Waals surface area contributed by atoms with Gasteiger partial charge in [0.25, 0.3) is 0 Å². The van der Waals surface area contributed by atoms with Crippen LogP contribution in [0, 0.1) is 6.92 Å². The number of unbranched alkanes of at least 4 members (excludes halogenated alkanes) is 1.